The van der Waals surface area contributed by atoms with Gasteiger partial charge in [-0.1, -0.05) is 0 Å². The van der Waals surface area contributed by atoms with Crippen LogP contribution in [0.3, 0.4) is 0 Å². The molecule has 0 atom stereocenters. The summed E-state index contributed by atoms with van der Waals surface area (Å²) < 4.78 is 23.1. The van der Waals surface area contributed by atoms with Crippen molar-refractivity contribution in [2.75, 3.05) is 27.3 Å². The lowest BCUT2D eigenvalue weighted by Gasteiger charge is -2.09. The molecule has 14 heavy (non-hydrogen) atoms. The third-order valence-corrected chi connectivity index (χ3v) is 1.74. The van der Waals surface area contributed by atoms with Gasteiger partial charge in [0, 0.05) is 12.6 Å². The Morgan fingerprint density at radius 3 is 2.79 bits per heavy atom. The largest absolute Gasteiger partial charge is 0.493 e. The van der Waals surface area contributed by atoms with Gasteiger partial charge in [0.2, 0.25) is 0 Å². The molecule has 1 N–H and O–H groups in total. The summed E-state index contributed by atoms with van der Waals surface area (Å²) in [6.07, 6.45) is 0. The van der Waals surface area contributed by atoms with Gasteiger partial charge in [0.1, 0.15) is 12.4 Å². The van der Waals surface area contributed by atoms with Crippen LogP contribution in [-0.4, -0.2) is 27.3 Å². The number of likely N-dealkylation sites (N-methyl/N-ethyl adjacent to an activating group) is 1. The highest BCUT2D eigenvalue weighted by atomic mass is 19.1. The first-order valence-corrected chi connectivity index (χ1v) is 4.39. The predicted octanol–water partition coefficient (Wildman–Crippen LogP) is 1.43. The number of halogens is 1. The molecular weight excluding hydrogens is 185 g/mol. The maximum Gasteiger partial charge on any atom is 0.163 e. The van der Waals surface area contributed by atoms with Crippen molar-refractivity contribution >= 4 is 0 Å². The lowest BCUT2D eigenvalue weighted by atomic mass is 10.3. The predicted molar refractivity (Wildman–Crippen MR) is 52.4 cm³/mol. The zero-order valence-corrected chi connectivity index (χ0v) is 8.34. The molecule has 0 aliphatic carbocycles. The third-order valence-electron chi connectivity index (χ3n) is 1.74. The molecule has 0 aliphatic rings. The van der Waals surface area contributed by atoms with Crippen molar-refractivity contribution in [2.45, 2.75) is 0 Å². The van der Waals surface area contributed by atoms with Crippen molar-refractivity contribution in [1.29, 1.82) is 0 Å². The van der Waals surface area contributed by atoms with Gasteiger partial charge < -0.3 is 14.8 Å². The van der Waals surface area contributed by atoms with Crippen molar-refractivity contribution < 1.29 is 13.9 Å². The second-order valence-electron chi connectivity index (χ2n) is 2.75. The van der Waals surface area contributed by atoms with Crippen LogP contribution in [-0.2, 0) is 0 Å². The van der Waals surface area contributed by atoms with Crippen LogP contribution in [0.1, 0.15) is 0 Å². The van der Waals surface area contributed by atoms with Crippen molar-refractivity contribution in [3.05, 3.63) is 24.0 Å². The molecule has 0 fully saturated rings. The Morgan fingerprint density at radius 1 is 1.36 bits per heavy atom. The summed E-state index contributed by atoms with van der Waals surface area (Å²) in [5.74, 6) is 0.646. The number of nitrogens with one attached hydrogen (secondary N) is 1. The molecule has 4 heteroatoms. The van der Waals surface area contributed by atoms with E-state index < -0.39 is 0 Å². The average molecular weight is 199 g/mol. The van der Waals surface area contributed by atoms with Crippen molar-refractivity contribution in [1.82, 2.24) is 5.32 Å². The quantitative estimate of drug-likeness (QED) is 0.728. The minimum atomic E-state index is -0.331. The SMILES string of the molecule is CNCCOc1ccc(F)cc1OC. The Bertz CT molecular complexity index is 291. The van der Waals surface area contributed by atoms with Crippen LogP contribution >= 0.6 is 0 Å². The molecule has 1 aromatic carbocycles. The second kappa shape index (κ2) is 5.44. The lowest BCUT2D eigenvalue weighted by Crippen LogP contribution is -2.16. The first-order valence-electron chi connectivity index (χ1n) is 4.39. The maximum atomic E-state index is 12.8. The normalized spacial score (nSPS) is 9.93. The van der Waals surface area contributed by atoms with E-state index >= 15 is 0 Å². The number of rotatable bonds is 5. The number of methoxy groups -OCH3 is 1. The van der Waals surface area contributed by atoms with Crippen molar-refractivity contribution in [2.24, 2.45) is 0 Å². The number of ether oxygens (including phenoxy) is 2. The van der Waals surface area contributed by atoms with Crippen LogP contribution in [0.4, 0.5) is 4.39 Å². The molecule has 0 amide bonds. The second-order valence-corrected chi connectivity index (χ2v) is 2.75. The highest BCUT2D eigenvalue weighted by molar-refractivity contribution is 5.39. The van der Waals surface area contributed by atoms with E-state index in [0.29, 0.717) is 18.1 Å². The van der Waals surface area contributed by atoms with Crippen LogP contribution in [0, 0.1) is 5.82 Å². The Hall–Kier alpha value is -1.29. The van der Waals surface area contributed by atoms with E-state index in [2.05, 4.69) is 5.32 Å². The van der Waals surface area contributed by atoms with Crippen LogP contribution in [0.25, 0.3) is 0 Å². The molecule has 0 saturated heterocycles. The smallest absolute Gasteiger partial charge is 0.163 e. The first kappa shape index (κ1) is 10.8. The molecule has 0 spiro atoms. The van der Waals surface area contributed by atoms with E-state index in [4.69, 9.17) is 9.47 Å². The number of benzene rings is 1. The zero-order chi connectivity index (χ0) is 10.4. The Kier molecular flexibility index (Phi) is 4.19. The van der Waals surface area contributed by atoms with E-state index in [1.54, 1.807) is 6.07 Å². The summed E-state index contributed by atoms with van der Waals surface area (Å²) in [5, 5.41) is 2.95. The third kappa shape index (κ3) is 2.88. The van der Waals surface area contributed by atoms with Crippen LogP contribution < -0.4 is 14.8 Å². The Labute approximate surface area is 82.8 Å². The summed E-state index contributed by atoms with van der Waals surface area (Å²) >= 11 is 0. The number of hydrogen-bond acceptors (Lipinski definition) is 3. The minimum absolute atomic E-state index is 0.331. The maximum absolute atomic E-state index is 12.8. The van der Waals surface area contributed by atoms with E-state index in [1.807, 2.05) is 7.05 Å². The Morgan fingerprint density at radius 2 is 2.14 bits per heavy atom. The van der Waals surface area contributed by atoms with Gasteiger partial charge in [-0.3, -0.25) is 0 Å². The molecular formula is C10H14FNO2. The lowest BCUT2D eigenvalue weighted by molar-refractivity contribution is 0.294. The summed E-state index contributed by atoms with van der Waals surface area (Å²) in [5.41, 5.74) is 0. The number of hydrogen-bond donors (Lipinski definition) is 1. The molecule has 78 valence electrons. The van der Waals surface area contributed by atoms with E-state index in [-0.39, 0.29) is 5.82 Å². The molecule has 0 radical (unpaired) electrons. The molecule has 0 unspecified atom stereocenters. The fraction of sp³-hybridized carbons (Fsp3) is 0.400. The zero-order valence-electron chi connectivity index (χ0n) is 8.34. The highest BCUT2D eigenvalue weighted by Crippen LogP contribution is 2.27. The van der Waals surface area contributed by atoms with Gasteiger partial charge in [-0.25, -0.2) is 4.39 Å². The molecule has 0 heterocycles. The van der Waals surface area contributed by atoms with Gasteiger partial charge in [-0.15, -0.1) is 0 Å². The van der Waals surface area contributed by atoms with Gasteiger partial charge in [-0.05, 0) is 19.2 Å². The van der Waals surface area contributed by atoms with E-state index in [0.717, 1.165) is 6.54 Å². The van der Waals surface area contributed by atoms with Crippen LogP contribution in [0.5, 0.6) is 11.5 Å². The molecule has 3 nitrogen and oxygen atoms in total. The summed E-state index contributed by atoms with van der Waals surface area (Å²) in [6.45, 7) is 1.26. The molecule has 0 saturated carbocycles. The van der Waals surface area contributed by atoms with Gasteiger partial charge in [0.05, 0.1) is 7.11 Å². The van der Waals surface area contributed by atoms with Gasteiger partial charge in [0.15, 0.2) is 11.5 Å². The first-order chi connectivity index (χ1) is 6.77. The van der Waals surface area contributed by atoms with E-state index in [1.165, 1.54) is 19.2 Å². The van der Waals surface area contributed by atoms with Crippen LogP contribution in [0.2, 0.25) is 0 Å². The highest BCUT2D eigenvalue weighted by Gasteiger charge is 2.04. The molecule has 1 rings (SSSR count). The summed E-state index contributed by atoms with van der Waals surface area (Å²) in [6, 6.07) is 4.20. The fourth-order valence-electron chi connectivity index (χ4n) is 1.02. The summed E-state index contributed by atoms with van der Waals surface area (Å²) in [7, 11) is 3.32. The molecule has 1 aromatic rings. The molecule has 0 aliphatic heterocycles. The van der Waals surface area contributed by atoms with Crippen LogP contribution in [0.15, 0.2) is 18.2 Å². The summed E-state index contributed by atoms with van der Waals surface area (Å²) in [4.78, 5) is 0. The Balaban J connectivity index is 2.65. The standard InChI is InChI=1S/C10H14FNO2/c1-12-5-6-14-9-4-3-8(11)7-10(9)13-2/h3-4,7,12H,5-6H2,1-2H3. The molecule has 0 bridgehead atoms. The molecule has 0 aromatic heterocycles. The van der Waals surface area contributed by atoms with Crippen molar-refractivity contribution in [3.8, 4) is 11.5 Å². The van der Waals surface area contributed by atoms with Gasteiger partial charge >= 0.3 is 0 Å². The minimum Gasteiger partial charge on any atom is -0.493 e. The van der Waals surface area contributed by atoms with Crippen molar-refractivity contribution in [3.63, 3.8) is 0 Å². The topological polar surface area (TPSA) is 30.5 Å². The van der Waals surface area contributed by atoms with Gasteiger partial charge in [0.25, 0.3) is 0 Å². The van der Waals surface area contributed by atoms with Gasteiger partial charge in [-0.2, -0.15) is 0 Å². The fourth-order valence-corrected chi connectivity index (χ4v) is 1.02. The average Bonchev–Trinajstić information content (AvgIpc) is 2.20. The van der Waals surface area contributed by atoms with E-state index in [9.17, 15) is 4.39 Å². The monoisotopic (exact) mass is 199 g/mol.